The Morgan fingerprint density at radius 2 is 2.00 bits per heavy atom. The topological polar surface area (TPSA) is 61.5 Å². The van der Waals surface area contributed by atoms with Crippen molar-refractivity contribution in [1.82, 2.24) is 0 Å². The third-order valence-electron chi connectivity index (χ3n) is 5.61. The van der Waals surface area contributed by atoms with Crippen LogP contribution in [0.1, 0.15) is 66.8 Å². The SMILES string of the molecule is C=CCCOc1cc(C2CC2)cc(C)c1-c1cc(C)c(F)c([C@@H](N)CC(=O)OCC)c1. The van der Waals surface area contributed by atoms with Crippen LogP contribution in [0.4, 0.5) is 4.39 Å². The molecule has 0 heterocycles. The van der Waals surface area contributed by atoms with E-state index in [0.717, 1.165) is 28.9 Å². The van der Waals surface area contributed by atoms with Crippen molar-refractivity contribution in [2.24, 2.45) is 5.73 Å². The normalized spacial score (nSPS) is 14.2. The maximum atomic E-state index is 14.9. The largest absolute Gasteiger partial charge is 0.493 e. The number of nitrogens with two attached hydrogens (primary N) is 1. The number of esters is 1. The molecule has 2 aromatic carbocycles. The summed E-state index contributed by atoms with van der Waals surface area (Å²) in [5.41, 5.74) is 11.1. The highest BCUT2D eigenvalue weighted by Gasteiger charge is 2.26. The van der Waals surface area contributed by atoms with E-state index in [4.69, 9.17) is 15.2 Å². The predicted octanol–water partition coefficient (Wildman–Crippen LogP) is 5.89. The highest BCUT2D eigenvalue weighted by molar-refractivity contribution is 5.76. The third-order valence-corrected chi connectivity index (χ3v) is 5.61. The van der Waals surface area contributed by atoms with Crippen molar-refractivity contribution in [3.8, 4) is 16.9 Å². The second-order valence-corrected chi connectivity index (χ2v) is 8.22. The van der Waals surface area contributed by atoms with Crippen LogP contribution < -0.4 is 10.5 Å². The number of benzene rings is 2. The maximum Gasteiger partial charge on any atom is 0.307 e. The maximum absolute atomic E-state index is 14.9. The number of hydrogen-bond acceptors (Lipinski definition) is 4. The zero-order valence-corrected chi connectivity index (χ0v) is 18.7. The Bertz CT molecular complexity index is 966. The summed E-state index contributed by atoms with van der Waals surface area (Å²) >= 11 is 0. The van der Waals surface area contributed by atoms with E-state index in [0.29, 0.717) is 23.7 Å². The minimum absolute atomic E-state index is 0.0735. The van der Waals surface area contributed by atoms with Gasteiger partial charge in [0, 0.05) is 17.2 Å². The molecule has 2 N–H and O–H groups in total. The van der Waals surface area contributed by atoms with Crippen LogP contribution in [-0.2, 0) is 9.53 Å². The Balaban J connectivity index is 2.03. The van der Waals surface area contributed by atoms with Crippen molar-refractivity contribution >= 4 is 5.97 Å². The lowest BCUT2D eigenvalue weighted by atomic mass is 9.91. The molecule has 1 saturated carbocycles. The van der Waals surface area contributed by atoms with Gasteiger partial charge in [-0.3, -0.25) is 4.79 Å². The highest BCUT2D eigenvalue weighted by atomic mass is 19.1. The summed E-state index contributed by atoms with van der Waals surface area (Å²) in [5.74, 6) is 0.565. The van der Waals surface area contributed by atoms with E-state index in [9.17, 15) is 9.18 Å². The van der Waals surface area contributed by atoms with Crippen molar-refractivity contribution in [3.05, 3.63) is 65.0 Å². The van der Waals surface area contributed by atoms with Gasteiger partial charge in [0.05, 0.1) is 19.6 Å². The van der Waals surface area contributed by atoms with Crippen molar-refractivity contribution in [2.75, 3.05) is 13.2 Å². The number of halogens is 1. The van der Waals surface area contributed by atoms with Gasteiger partial charge in [0.2, 0.25) is 0 Å². The summed E-state index contributed by atoms with van der Waals surface area (Å²) in [5, 5.41) is 0. The van der Waals surface area contributed by atoms with Crippen LogP contribution in [0.15, 0.2) is 36.9 Å². The van der Waals surface area contributed by atoms with Crippen molar-refractivity contribution < 1.29 is 18.7 Å². The number of carbonyl (C=O) groups is 1. The second kappa shape index (κ2) is 10.1. The number of carbonyl (C=O) groups excluding carboxylic acids is 1. The minimum Gasteiger partial charge on any atom is -0.493 e. The van der Waals surface area contributed by atoms with E-state index in [1.807, 2.05) is 12.1 Å². The first kappa shape index (κ1) is 23.0. The van der Waals surface area contributed by atoms with Crippen molar-refractivity contribution in [2.45, 2.75) is 58.4 Å². The Hall–Kier alpha value is -2.66. The molecule has 4 nitrogen and oxygen atoms in total. The standard InChI is InChI=1S/C26H32FNO3/c1-5-7-10-31-23-14-19(18-8-9-18)11-16(3)25(23)20-12-17(4)26(27)21(13-20)22(28)15-24(29)30-6-2/h5,11-14,18,22H,1,6-10,15,28H2,2-4H3/t22-/m0/s1. The molecular formula is C26H32FNO3. The number of aryl methyl sites for hydroxylation is 2. The lowest BCUT2D eigenvalue weighted by Crippen LogP contribution is -2.19. The van der Waals surface area contributed by atoms with Gasteiger partial charge in [-0.25, -0.2) is 4.39 Å². The Morgan fingerprint density at radius 1 is 1.26 bits per heavy atom. The number of hydrogen-bond donors (Lipinski definition) is 1. The first-order valence-corrected chi connectivity index (χ1v) is 11.0. The molecule has 1 aliphatic rings. The highest BCUT2D eigenvalue weighted by Crippen LogP contribution is 2.45. The fourth-order valence-corrected chi connectivity index (χ4v) is 3.89. The van der Waals surface area contributed by atoms with Crippen LogP contribution >= 0.6 is 0 Å². The summed E-state index contributed by atoms with van der Waals surface area (Å²) in [6, 6.07) is 7.08. The van der Waals surface area contributed by atoms with Crippen LogP contribution in [0.5, 0.6) is 5.75 Å². The molecule has 1 atom stereocenters. The average Bonchev–Trinajstić information content (AvgIpc) is 3.55. The molecule has 0 saturated heterocycles. The molecule has 0 amide bonds. The Morgan fingerprint density at radius 3 is 2.65 bits per heavy atom. The molecular weight excluding hydrogens is 393 g/mol. The smallest absolute Gasteiger partial charge is 0.307 e. The molecule has 5 heteroatoms. The van der Waals surface area contributed by atoms with Crippen molar-refractivity contribution in [1.29, 1.82) is 0 Å². The summed E-state index contributed by atoms with van der Waals surface area (Å²) in [6.45, 7) is 10.1. The molecule has 0 aliphatic heterocycles. The zero-order chi connectivity index (χ0) is 22.5. The van der Waals surface area contributed by atoms with Crippen LogP contribution in [0.3, 0.4) is 0 Å². The van der Waals surface area contributed by atoms with E-state index < -0.39 is 12.0 Å². The molecule has 1 aliphatic carbocycles. The van der Waals surface area contributed by atoms with Gasteiger partial charge in [-0.1, -0.05) is 12.1 Å². The quantitative estimate of drug-likeness (QED) is 0.293. The van der Waals surface area contributed by atoms with Gasteiger partial charge >= 0.3 is 5.97 Å². The molecule has 3 rings (SSSR count). The van der Waals surface area contributed by atoms with E-state index in [-0.39, 0.29) is 18.8 Å². The van der Waals surface area contributed by atoms with E-state index in [1.54, 1.807) is 19.9 Å². The lowest BCUT2D eigenvalue weighted by Gasteiger charge is -2.20. The molecule has 31 heavy (non-hydrogen) atoms. The first-order valence-electron chi connectivity index (χ1n) is 11.0. The van der Waals surface area contributed by atoms with Crippen LogP contribution in [0.25, 0.3) is 11.1 Å². The molecule has 0 aromatic heterocycles. The zero-order valence-electron chi connectivity index (χ0n) is 18.7. The monoisotopic (exact) mass is 425 g/mol. The summed E-state index contributed by atoms with van der Waals surface area (Å²) < 4.78 is 26.0. The van der Waals surface area contributed by atoms with Gasteiger partial charge in [0.15, 0.2) is 0 Å². The fourth-order valence-electron chi connectivity index (χ4n) is 3.89. The van der Waals surface area contributed by atoms with Crippen LogP contribution in [-0.4, -0.2) is 19.2 Å². The Kier molecular flexibility index (Phi) is 7.50. The van der Waals surface area contributed by atoms with Gasteiger partial charge in [0.1, 0.15) is 11.6 Å². The third kappa shape index (κ3) is 5.53. The van der Waals surface area contributed by atoms with E-state index in [2.05, 4.69) is 25.6 Å². The molecule has 0 unspecified atom stereocenters. The first-order chi connectivity index (χ1) is 14.8. The van der Waals surface area contributed by atoms with Crippen molar-refractivity contribution in [3.63, 3.8) is 0 Å². The summed E-state index contributed by atoms with van der Waals surface area (Å²) in [7, 11) is 0. The summed E-state index contributed by atoms with van der Waals surface area (Å²) in [4.78, 5) is 11.9. The molecule has 166 valence electrons. The minimum atomic E-state index is -0.783. The predicted molar refractivity (Wildman–Crippen MR) is 122 cm³/mol. The fraction of sp³-hybridized carbons (Fsp3) is 0.423. The van der Waals surface area contributed by atoms with Gasteiger partial charge in [-0.2, -0.15) is 0 Å². The Labute approximate surface area is 184 Å². The molecule has 2 aromatic rings. The van der Waals surface area contributed by atoms with Gasteiger partial charge in [0.25, 0.3) is 0 Å². The van der Waals surface area contributed by atoms with Gasteiger partial charge in [-0.15, -0.1) is 6.58 Å². The molecule has 0 bridgehead atoms. The van der Waals surface area contributed by atoms with Gasteiger partial charge < -0.3 is 15.2 Å². The van der Waals surface area contributed by atoms with Crippen LogP contribution in [0, 0.1) is 19.7 Å². The lowest BCUT2D eigenvalue weighted by molar-refractivity contribution is -0.143. The van der Waals surface area contributed by atoms with Crippen LogP contribution in [0.2, 0.25) is 0 Å². The second-order valence-electron chi connectivity index (χ2n) is 8.22. The van der Waals surface area contributed by atoms with E-state index in [1.165, 1.54) is 18.4 Å². The number of ether oxygens (including phenoxy) is 2. The van der Waals surface area contributed by atoms with E-state index >= 15 is 0 Å². The van der Waals surface area contributed by atoms with Gasteiger partial charge in [-0.05, 0) is 86.4 Å². The molecule has 0 radical (unpaired) electrons. The number of rotatable bonds is 10. The molecule has 1 fully saturated rings. The summed E-state index contributed by atoms with van der Waals surface area (Å²) in [6.07, 6.45) is 4.90. The molecule has 0 spiro atoms. The average molecular weight is 426 g/mol.